The zero-order valence-electron chi connectivity index (χ0n) is 13.3. The predicted octanol–water partition coefficient (Wildman–Crippen LogP) is 2.09. The molecule has 2 N–H and O–H groups in total. The first-order valence-corrected chi connectivity index (χ1v) is 8.03. The molecule has 0 spiro atoms. The van der Waals surface area contributed by atoms with E-state index >= 15 is 0 Å². The fourth-order valence-corrected chi connectivity index (χ4v) is 3.20. The first kappa shape index (κ1) is 15.7. The van der Waals surface area contributed by atoms with Gasteiger partial charge in [0, 0.05) is 30.8 Å². The number of nitrogens with one attached hydrogen (secondary N) is 1. The minimum Gasteiger partial charge on any atom is -0.396 e. The number of nitrogens with zero attached hydrogens (tertiary/aromatic N) is 3. The van der Waals surface area contributed by atoms with Gasteiger partial charge in [-0.15, -0.1) is 0 Å². The van der Waals surface area contributed by atoms with Crippen LogP contribution < -0.4 is 0 Å². The van der Waals surface area contributed by atoms with Crippen LogP contribution in [0.2, 0.25) is 0 Å². The molecule has 0 saturated heterocycles. The van der Waals surface area contributed by atoms with Crippen LogP contribution in [0.15, 0.2) is 30.6 Å². The molecular formula is C17H22N4O2. The molecule has 6 nitrogen and oxygen atoms in total. The number of H-pyrrole nitrogens is 1. The number of aromatic nitrogens is 3. The lowest BCUT2D eigenvalue weighted by Crippen LogP contribution is -2.39. The molecule has 1 fully saturated rings. The largest absolute Gasteiger partial charge is 0.396 e. The smallest absolute Gasteiger partial charge is 0.253 e. The molecule has 122 valence electrons. The number of aliphatic hydroxyl groups is 1. The molecule has 0 radical (unpaired) electrons. The molecule has 1 aromatic heterocycles. The molecule has 1 amide bonds. The van der Waals surface area contributed by atoms with Crippen LogP contribution in [0.3, 0.4) is 0 Å². The van der Waals surface area contributed by atoms with Gasteiger partial charge in [0.2, 0.25) is 0 Å². The van der Waals surface area contributed by atoms with E-state index in [1.54, 1.807) is 0 Å². The van der Waals surface area contributed by atoms with Crippen LogP contribution in [0.25, 0.3) is 11.4 Å². The van der Waals surface area contributed by atoms with E-state index in [0.717, 1.165) is 31.2 Å². The third-order valence-electron chi connectivity index (χ3n) is 4.76. The summed E-state index contributed by atoms with van der Waals surface area (Å²) >= 11 is 0. The fraction of sp³-hybridized carbons (Fsp3) is 0.471. The second-order valence-corrected chi connectivity index (χ2v) is 6.18. The monoisotopic (exact) mass is 314 g/mol. The first-order chi connectivity index (χ1) is 11.2. The highest BCUT2D eigenvalue weighted by Gasteiger charge is 2.26. The van der Waals surface area contributed by atoms with Gasteiger partial charge in [-0.2, -0.15) is 5.10 Å². The predicted molar refractivity (Wildman–Crippen MR) is 86.7 cm³/mol. The quantitative estimate of drug-likeness (QED) is 0.905. The average molecular weight is 314 g/mol. The highest BCUT2D eigenvalue weighted by atomic mass is 16.3. The molecule has 3 rings (SSSR count). The van der Waals surface area contributed by atoms with E-state index in [-0.39, 0.29) is 18.6 Å². The maximum absolute atomic E-state index is 12.6. The summed E-state index contributed by atoms with van der Waals surface area (Å²) in [5.74, 6) is 1.14. The van der Waals surface area contributed by atoms with Crippen molar-refractivity contribution >= 4 is 5.91 Å². The molecule has 0 bridgehead atoms. The molecule has 1 heterocycles. The van der Waals surface area contributed by atoms with E-state index in [9.17, 15) is 9.90 Å². The van der Waals surface area contributed by atoms with Gasteiger partial charge >= 0.3 is 0 Å². The van der Waals surface area contributed by atoms with Crippen molar-refractivity contribution in [3.05, 3.63) is 36.2 Å². The van der Waals surface area contributed by atoms with Crippen molar-refractivity contribution in [1.29, 1.82) is 0 Å². The van der Waals surface area contributed by atoms with Gasteiger partial charge in [-0.3, -0.25) is 9.89 Å². The molecule has 1 aliphatic carbocycles. The highest BCUT2D eigenvalue weighted by Crippen LogP contribution is 2.27. The molecule has 23 heavy (non-hydrogen) atoms. The normalized spacial score (nSPS) is 21.1. The lowest BCUT2D eigenvalue weighted by atomic mass is 9.86. The van der Waals surface area contributed by atoms with Crippen LogP contribution in [0.5, 0.6) is 0 Å². The van der Waals surface area contributed by atoms with Crippen LogP contribution in [-0.4, -0.2) is 50.8 Å². The van der Waals surface area contributed by atoms with Crippen molar-refractivity contribution in [2.45, 2.75) is 31.7 Å². The standard InChI is InChI=1S/C17H22N4O2/c1-21(15-8-2-12(10-22)3-9-15)17(23)14-6-4-13(5-7-14)16-18-11-19-20-16/h4-7,11-12,15,22H,2-3,8-10H2,1H3,(H,18,19,20). The Kier molecular flexibility index (Phi) is 4.71. The zero-order chi connectivity index (χ0) is 16.2. The van der Waals surface area contributed by atoms with E-state index in [1.807, 2.05) is 36.2 Å². The molecule has 0 unspecified atom stereocenters. The number of hydrogen-bond acceptors (Lipinski definition) is 4. The average Bonchev–Trinajstić information content (AvgIpc) is 3.15. The number of aliphatic hydroxyl groups excluding tert-OH is 1. The van der Waals surface area contributed by atoms with E-state index in [2.05, 4.69) is 15.2 Å². The summed E-state index contributed by atoms with van der Waals surface area (Å²) in [6.45, 7) is 0.257. The molecule has 0 atom stereocenters. The van der Waals surface area contributed by atoms with Gasteiger partial charge < -0.3 is 10.0 Å². The van der Waals surface area contributed by atoms with E-state index in [0.29, 0.717) is 17.3 Å². The molecule has 2 aromatic rings. The van der Waals surface area contributed by atoms with E-state index in [1.165, 1.54) is 6.33 Å². The number of rotatable bonds is 4. The molecule has 1 saturated carbocycles. The minimum atomic E-state index is 0.0431. The molecular weight excluding hydrogens is 292 g/mol. The summed E-state index contributed by atoms with van der Waals surface area (Å²) in [7, 11) is 1.87. The molecule has 6 heteroatoms. The fourth-order valence-electron chi connectivity index (χ4n) is 3.20. The highest BCUT2D eigenvalue weighted by molar-refractivity contribution is 5.94. The molecule has 1 aromatic carbocycles. The maximum Gasteiger partial charge on any atom is 0.253 e. The van der Waals surface area contributed by atoms with Crippen LogP contribution in [0.4, 0.5) is 0 Å². The SMILES string of the molecule is CN(C(=O)c1ccc(-c2ncn[nH]2)cc1)C1CCC(CO)CC1. The van der Waals surface area contributed by atoms with Gasteiger partial charge in [-0.05, 0) is 43.7 Å². The number of amides is 1. The van der Waals surface area contributed by atoms with Gasteiger partial charge in [0.1, 0.15) is 6.33 Å². The number of benzene rings is 1. The Labute approximate surface area is 135 Å². The Morgan fingerprint density at radius 2 is 1.96 bits per heavy atom. The Bertz CT molecular complexity index is 631. The third kappa shape index (κ3) is 3.42. The lowest BCUT2D eigenvalue weighted by Gasteiger charge is -2.34. The van der Waals surface area contributed by atoms with Crippen molar-refractivity contribution < 1.29 is 9.90 Å². The van der Waals surface area contributed by atoms with Crippen LogP contribution >= 0.6 is 0 Å². The number of aromatic amines is 1. The van der Waals surface area contributed by atoms with Crippen LogP contribution in [0.1, 0.15) is 36.0 Å². The Hall–Kier alpha value is -2.21. The Morgan fingerprint density at radius 3 is 2.52 bits per heavy atom. The van der Waals surface area contributed by atoms with E-state index in [4.69, 9.17) is 0 Å². The third-order valence-corrected chi connectivity index (χ3v) is 4.76. The van der Waals surface area contributed by atoms with Crippen LogP contribution in [0, 0.1) is 5.92 Å². The number of hydrogen-bond donors (Lipinski definition) is 2. The number of carbonyl (C=O) groups excluding carboxylic acids is 1. The van der Waals surface area contributed by atoms with Gasteiger partial charge in [-0.25, -0.2) is 4.98 Å². The summed E-state index contributed by atoms with van der Waals surface area (Å²) < 4.78 is 0. The second-order valence-electron chi connectivity index (χ2n) is 6.18. The Morgan fingerprint density at radius 1 is 1.26 bits per heavy atom. The van der Waals surface area contributed by atoms with Crippen molar-refractivity contribution in [2.75, 3.05) is 13.7 Å². The maximum atomic E-state index is 12.6. The first-order valence-electron chi connectivity index (χ1n) is 8.03. The van der Waals surface area contributed by atoms with Crippen molar-refractivity contribution in [3.63, 3.8) is 0 Å². The summed E-state index contributed by atoms with van der Waals surface area (Å²) in [5, 5.41) is 15.9. The van der Waals surface area contributed by atoms with Gasteiger partial charge in [0.05, 0.1) is 0 Å². The van der Waals surface area contributed by atoms with Crippen molar-refractivity contribution in [1.82, 2.24) is 20.1 Å². The van der Waals surface area contributed by atoms with Gasteiger partial charge in [-0.1, -0.05) is 12.1 Å². The lowest BCUT2D eigenvalue weighted by molar-refractivity contribution is 0.0653. The van der Waals surface area contributed by atoms with Gasteiger partial charge in [0.15, 0.2) is 5.82 Å². The number of carbonyl (C=O) groups is 1. The summed E-state index contributed by atoms with van der Waals surface area (Å²) in [5.41, 5.74) is 1.59. The van der Waals surface area contributed by atoms with Crippen molar-refractivity contribution in [2.24, 2.45) is 5.92 Å². The van der Waals surface area contributed by atoms with Crippen LogP contribution in [-0.2, 0) is 0 Å². The van der Waals surface area contributed by atoms with Gasteiger partial charge in [0.25, 0.3) is 5.91 Å². The minimum absolute atomic E-state index is 0.0431. The topological polar surface area (TPSA) is 82.1 Å². The zero-order valence-corrected chi connectivity index (χ0v) is 13.3. The Balaban J connectivity index is 1.65. The second kappa shape index (κ2) is 6.91. The summed E-state index contributed by atoms with van der Waals surface area (Å²) in [6.07, 6.45) is 5.37. The van der Waals surface area contributed by atoms with E-state index < -0.39 is 0 Å². The molecule has 0 aliphatic heterocycles. The van der Waals surface area contributed by atoms with Crippen molar-refractivity contribution in [3.8, 4) is 11.4 Å². The molecule has 1 aliphatic rings. The summed E-state index contributed by atoms with van der Waals surface area (Å²) in [4.78, 5) is 18.6. The summed E-state index contributed by atoms with van der Waals surface area (Å²) in [6, 6.07) is 7.68.